The third-order valence-electron chi connectivity index (χ3n) is 6.40. The highest BCUT2D eigenvalue weighted by Crippen LogP contribution is 2.40. The van der Waals surface area contributed by atoms with Crippen LogP contribution in [0, 0.1) is 11.8 Å². The molecule has 0 spiro atoms. The molecule has 0 amide bonds. The minimum Gasteiger partial charge on any atom is -0.481 e. The molecule has 3 nitrogen and oxygen atoms in total. The highest BCUT2D eigenvalue weighted by Gasteiger charge is 2.40. The Bertz CT molecular complexity index is 992. The van der Waals surface area contributed by atoms with Crippen molar-refractivity contribution in [2.75, 3.05) is 6.54 Å². The maximum absolute atomic E-state index is 13.6. The number of benzene rings is 1. The fraction of sp³-hybridized carbons (Fsp3) is 0.522. The molecule has 1 heterocycles. The standard InChI is InChI=1S/C23H22F9NO2/c24-21(25,26)16-3-1-14(2-4-16)19-9-13(10-20(34)35)7-8-33(19)12-15-11-17(22(27,28)29)5-6-18(15)23(30,31)32/h1,3-6,11,13-14,19H,2,7-10,12H2,(H,34,35)/t13-,14?,19+/m0/s1. The summed E-state index contributed by atoms with van der Waals surface area (Å²) in [4.78, 5) is 12.7. The Morgan fingerprint density at radius 3 is 2.20 bits per heavy atom. The Labute approximate surface area is 194 Å². The van der Waals surface area contributed by atoms with Crippen molar-refractivity contribution in [3.63, 3.8) is 0 Å². The molecule has 2 aliphatic rings. The molecule has 194 valence electrons. The number of carboxylic acid groups (broad SMARTS) is 1. The zero-order valence-corrected chi connectivity index (χ0v) is 18.1. The Morgan fingerprint density at radius 2 is 1.69 bits per heavy atom. The molecular weight excluding hydrogens is 493 g/mol. The van der Waals surface area contributed by atoms with Crippen molar-refractivity contribution in [1.29, 1.82) is 0 Å². The van der Waals surface area contributed by atoms with E-state index in [-0.39, 0.29) is 38.1 Å². The van der Waals surface area contributed by atoms with Crippen molar-refractivity contribution in [2.45, 2.75) is 56.8 Å². The summed E-state index contributed by atoms with van der Waals surface area (Å²) in [7, 11) is 0. The second-order valence-corrected chi connectivity index (χ2v) is 8.81. The lowest BCUT2D eigenvalue weighted by molar-refractivity contribution is -0.142. The molecule has 12 heteroatoms. The van der Waals surface area contributed by atoms with Gasteiger partial charge in [-0.25, -0.2) is 0 Å². The van der Waals surface area contributed by atoms with Gasteiger partial charge in [0.05, 0.1) is 16.7 Å². The van der Waals surface area contributed by atoms with E-state index in [4.69, 9.17) is 5.11 Å². The van der Waals surface area contributed by atoms with Crippen LogP contribution in [0.1, 0.15) is 42.4 Å². The highest BCUT2D eigenvalue weighted by molar-refractivity contribution is 5.67. The molecule has 3 rings (SSSR count). The van der Waals surface area contributed by atoms with Gasteiger partial charge in [0.2, 0.25) is 0 Å². The maximum Gasteiger partial charge on any atom is 0.416 e. The van der Waals surface area contributed by atoms with Gasteiger partial charge in [0.25, 0.3) is 0 Å². The van der Waals surface area contributed by atoms with Crippen LogP contribution in [-0.4, -0.2) is 34.7 Å². The fourth-order valence-corrected chi connectivity index (χ4v) is 4.73. The number of nitrogens with zero attached hydrogens (tertiary/aromatic N) is 1. The lowest BCUT2D eigenvalue weighted by Crippen LogP contribution is -2.46. The quantitative estimate of drug-likeness (QED) is 0.437. The monoisotopic (exact) mass is 515 g/mol. The van der Waals surface area contributed by atoms with Gasteiger partial charge in [-0.2, -0.15) is 39.5 Å². The molecular formula is C23H22F9NO2. The smallest absolute Gasteiger partial charge is 0.416 e. The van der Waals surface area contributed by atoms with E-state index in [9.17, 15) is 44.3 Å². The van der Waals surface area contributed by atoms with Crippen LogP contribution in [0.3, 0.4) is 0 Å². The number of hydrogen-bond donors (Lipinski definition) is 1. The van der Waals surface area contributed by atoms with E-state index in [0.717, 1.165) is 12.2 Å². The zero-order valence-electron chi connectivity index (χ0n) is 18.1. The minimum atomic E-state index is -4.91. The molecule has 1 N–H and O–H groups in total. The summed E-state index contributed by atoms with van der Waals surface area (Å²) in [6.45, 7) is -0.417. The Kier molecular flexibility index (Phi) is 7.64. The predicted octanol–water partition coefficient (Wildman–Crippen LogP) is 6.84. The number of alkyl halides is 9. The van der Waals surface area contributed by atoms with Crippen molar-refractivity contribution in [1.82, 2.24) is 4.90 Å². The largest absolute Gasteiger partial charge is 0.481 e. The molecule has 0 radical (unpaired) electrons. The van der Waals surface area contributed by atoms with Crippen LogP contribution in [0.15, 0.2) is 42.0 Å². The number of carboxylic acids is 1. The Hall–Kier alpha value is -2.50. The zero-order chi connectivity index (χ0) is 26.2. The molecule has 0 aromatic heterocycles. The van der Waals surface area contributed by atoms with Gasteiger partial charge in [0.1, 0.15) is 0 Å². The molecule has 3 atom stereocenters. The first-order valence-electron chi connectivity index (χ1n) is 10.7. The molecule has 1 aliphatic heterocycles. The SMILES string of the molecule is O=C(O)C[C@H]1CCN(Cc2cc(C(F)(F)F)ccc2C(F)(F)F)[C@@H](C2C=CC(C(F)(F)F)=CC2)C1. The van der Waals surface area contributed by atoms with Crippen LogP contribution in [0.4, 0.5) is 39.5 Å². The number of carbonyl (C=O) groups is 1. The summed E-state index contributed by atoms with van der Waals surface area (Å²) in [6.07, 6.45) is -11.1. The summed E-state index contributed by atoms with van der Waals surface area (Å²) in [6, 6.07) is 0.534. The number of halogens is 9. The highest BCUT2D eigenvalue weighted by atomic mass is 19.4. The summed E-state index contributed by atoms with van der Waals surface area (Å²) >= 11 is 0. The van der Waals surface area contributed by atoms with Gasteiger partial charge in [0.15, 0.2) is 0 Å². The topological polar surface area (TPSA) is 40.5 Å². The predicted molar refractivity (Wildman–Crippen MR) is 107 cm³/mol. The molecule has 1 aromatic rings. The summed E-state index contributed by atoms with van der Waals surface area (Å²) in [5.74, 6) is -2.02. The van der Waals surface area contributed by atoms with Gasteiger partial charge in [-0.3, -0.25) is 9.69 Å². The molecule has 1 aliphatic carbocycles. The van der Waals surface area contributed by atoms with Crippen molar-refractivity contribution in [3.05, 3.63) is 58.7 Å². The van der Waals surface area contributed by atoms with Crippen molar-refractivity contribution in [3.8, 4) is 0 Å². The summed E-state index contributed by atoms with van der Waals surface area (Å²) in [5, 5.41) is 9.13. The van der Waals surface area contributed by atoms with Gasteiger partial charge < -0.3 is 5.11 Å². The fourth-order valence-electron chi connectivity index (χ4n) is 4.73. The van der Waals surface area contributed by atoms with Crippen LogP contribution < -0.4 is 0 Å². The molecule has 35 heavy (non-hydrogen) atoms. The molecule has 1 saturated heterocycles. The van der Waals surface area contributed by atoms with E-state index in [1.165, 1.54) is 11.0 Å². The molecule has 0 saturated carbocycles. The van der Waals surface area contributed by atoms with Crippen LogP contribution >= 0.6 is 0 Å². The first-order valence-corrected chi connectivity index (χ1v) is 10.7. The lowest BCUT2D eigenvalue weighted by Gasteiger charge is -2.43. The second-order valence-electron chi connectivity index (χ2n) is 8.81. The van der Waals surface area contributed by atoms with Crippen LogP contribution in [-0.2, 0) is 23.7 Å². The van der Waals surface area contributed by atoms with E-state index in [2.05, 4.69) is 0 Å². The number of piperidine rings is 1. The lowest BCUT2D eigenvalue weighted by atomic mass is 9.79. The van der Waals surface area contributed by atoms with Crippen molar-refractivity contribution in [2.24, 2.45) is 11.8 Å². The summed E-state index contributed by atoms with van der Waals surface area (Å²) in [5.41, 5.74) is -3.93. The van der Waals surface area contributed by atoms with Crippen LogP contribution in [0.5, 0.6) is 0 Å². The first kappa shape index (κ1) is 27.1. The number of likely N-dealkylation sites (tertiary alicyclic amines) is 1. The van der Waals surface area contributed by atoms with E-state index in [1.807, 2.05) is 0 Å². The first-order chi connectivity index (χ1) is 16.1. The third kappa shape index (κ3) is 6.80. The number of aliphatic carboxylic acids is 1. The average Bonchev–Trinajstić information content (AvgIpc) is 2.72. The van der Waals surface area contributed by atoms with E-state index < -0.39 is 65.3 Å². The molecule has 1 unspecified atom stereocenters. The third-order valence-corrected chi connectivity index (χ3v) is 6.40. The van der Waals surface area contributed by atoms with Gasteiger partial charge in [-0.1, -0.05) is 18.2 Å². The number of allylic oxidation sites excluding steroid dienone is 3. The molecule has 0 bridgehead atoms. The summed E-state index contributed by atoms with van der Waals surface area (Å²) < 4.78 is 119. The van der Waals surface area contributed by atoms with E-state index in [1.54, 1.807) is 0 Å². The normalized spacial score (nSPS) is 24.4. The van der Waals surface area contributed by atoms with E-state index in [0.29, 0.717) is 18.2 Å². The van der Waals surface area contributed by atoms with Crippen LogP contribution in [0.25, 0.3) is 0 Å². The van der Waals surface area contributed by atoms with E-state index >= 15 is 0 Å². The molecule has 1 fully saturated rings. The minimum absolute atomic E-state index is 0.0823. The Morgan fingerprint density at radius 1 is 1.00 bits per heavy atom. The van der Waals surface area contributed by atoms with Crippen molar-refractivity contribution < 1.29 is 49.4 Å². The van der Waals surface area contributed by atoms with Gasteiger partial charge in [-0.05, 0) is 61.4 Å². The number of hydrogen-bond acceptors (Lipinski definition) is 2. The molecule has 1 aromatic carbocycles. The Balaban J connectivity index is 1.93. The second kappa shape index (κ2) is 9.87. The number of rotatable bonds is 5. The average molecular weight is 515 g/mol. The van der Waals surface area contributed by atoms with Gasteiger partial charge in [-0.15, -0.1) is 0 Å². The van der Waals surface area contributed by atoms with Gasteiger partial charge >= 0.3 is 24.5 Å². The van der Waals surface area contributed by atoms with Gasteiger partial charge in [0, 0.05) is 19.0 Å². The maximum atomic E-state index is 13.6. The van der Waals surface area contributed by atoms with Crippen molar-refractivity contribution >= 4 is 5.97 Å². The van der Waals surface area contributed by atoms with Crippen LogP contribution in [0.2, 0.25) is 0 Å².